The molecule has 1 aliphatic rings. The van der Waals surface area contributed by atoms with E-state index in [1.165, 1.54) is 43.9 Å². The lowest BCUT2D eigenvalue weighted by molar-refractivity contribution is 0.415. The molecule has 0 bridgehead atoms. The maximum absolute atomic E-state index is 6.08. The summed E-state index contributed by atoms with van der Waals surface area (Å²) in [6, 6.07) is 2.50. The van der Waals surface area contributed by atoms with Crippen molar-refractivity contribution in [3.63, 3.8) is 0 Å². The normalized spacial score (nSPS) is 16.8. The van der Waals surface area contributed by atoms with Crippen molar-refractivity contribution >= 4 is 29.2 Å². The van der Waals surface area contributed by atoms with Crippen molar-refractivity contribution < 1.29 is 0 Å². The highest BCUT2D eigenvalue weighted by molar-refractivity contribution is 7.98. The molecule has 2 rings (SSSR count). The lowest BCUT2D eigenvalue weighted by atomic mass is 9.94. The topological polar surface area (TPSA) is 29.0 Å². The molecule has 0 spiro atoms. The Kier molecular flexibility index (Phi) is 5.13. The van der Waals surface area contributed by atoms with Gasteiger partial charge in [-0.25, -0.2) is 9.97 Å². The molecule has 0 saturated heterocycles. The molecule has 0 atom stereocenters. The van der Waals surface area contributed by atoms with E-state index in [0.29, 0.717) is 11.2 Å². The maximum atomic E-state index is 6.08. The number of anilines is 1. The smallest absolute Gasteiger partial charge is 0.190 e. The molecule has 0 amide bonds. The van der Waals surface area contributed by atoms with Gasteiger partial charge < -0.3 is 4.90 Å². The molecule has 1 fully saturated rings. The van der Waals surface area contributed by atoms with E-state index in [4.69, 9.17) is 11.6 Å². The lowest BCUT2D eigenvalue weighted by Gasteiger charge is -2.34. The first-order chi connectivity index (χ1) is 8.74. The summed E-state index contributed by atoms with van der Waals surface area (Å²) in [7, 11) is 0. The number of thioether (sulfide) groups is 1. The fourth-order valence-electron chi connectivity index (χ4n) is 2.62. The quantitative estimate of drug-likeness (QED) is 0.475. The monoisotopic (exact) mass is 285 g/mol. The van der Waals surface area contributed by atoms with E-state index in [-0.39, 0.29) is 0 Å². The van der Waals surface area contributed by atoms with Crippen LogP contribution in [-0.4, -0.2) is 28.8 Å². The van der Waals surface area contributed by atoms with Gasteiger partial charge in [0, 0.05) is 18.7 Å². The summed E-state index contributed by atoms with van der Waals surface area (Å²) in [4.78, 5) is 11.2. The van der Waals surface area contributed by atoms with Crippen molar-refractivity contribution in [2.24, 2.45) is 0 Å². The van der Waals surface area contributed by atoms with Crippen molar-refractivity contribution in [3.8, 4) is 0 Å². The third-order valence-corrected chi connectivity index (χ3v) is 4.24. The first-order valence-electron chi connectivity index (χ1n) is 6.59. The zero-order valence-corrected chi connectivity index (χ0v) is 12.6. The van der Waals surface area contributed by atoms with Gasteiger partial charge in [0.2, 0.25) is 0 Å². The summed E-state index contributed by atoms with van der Waals surface area (Å²) in [5, 5.41) is 1.30. The van der Waals surface area contributed by atoms with Crippen molar-refractivity contribution in [2.45, 2.75) is 50.2 Å². The Morgan fingerprint density at radius 1 is 1.33 bits per heavy atom. The zero-order valence-electron chi connectivity index (χ0n) is 11.0. The molecule has 1 heterocycles. The maximum Gasteiger partial charge on any atom is 0.190 e. The third-order valence-electron chi connectivity index (χ3n) is 3.49. The van der Waals surface area contributed by atoms with Gasteiger partial charge in [0.1, 0.15) is 11.0 Å². The molecule has 18 heavy (non-hydrogen) atoms. The van der Waals surface area contributed by atoms with E-state index in [1.807, 2.05) is 12.3 Å². The first-order valence-corrected chi connectivity index (χ1v) is 8.20. The van der Waals surface area contributed by atoms with Crippen LogP contribution in [0.3, 0.4) is 0 Å². The molecule has 1 saturated carbocycles. The van der Waals surface area contributed by atoms with Crippen LogP contribution < -0.4 is 4.90 Å². The van der Waals surface area contributed by atoms with Crippen molar-refractivity contribution in [2.75, 3.05) is 17.7 Å². The summed E-state index contributed by atoms with van der Waals surface area (Å²) >= 11 is 7.62. The summed E-state index contributed by atoms with van der Waals surface area (Å²) in [6.07, 6.45) is 8.54. The third kappa shape index (κ3) is 3.29. The van der Waals surface area contributed by atoms with Crippen molar-refractivity contribution in [1.82, 2.24) is 9.97 Å². The van der Waals surface area contributed by atoms with Crippen LogP contribution in [0.15, 0.2) is 11.2 Å². The van der Waals surface area contributed by atoms with Crippen LogP contribution in [0, 0.1) is 0 Å². The molecule has 5 heteroatoms. The second kappa shape index (κ2) is 6.62. The lowest BCUT2D eigenvalue weighted by Crippen LogP contribution is -2.37. The van der Waals surface area contributed by atoms with Crippen LogP contribution in [0.25, 0.3) is 0 Å². The Hall–Kier alpha value is -0.480. The summed E-state index contributed by atoms with van der Waals surface area (Å²) in [5.41, 5.74) is 0. The highest BCUT2D eigenvalue weighted by atomic mass is 35.5. The SMILES string of the molecule is CCN(c1cc(Cl)nc(SC)n1)C1CCCCC1. The Balaban J connectivity index is 2.22. The second-order valence-corrected chi connectivity index (χ2v) is 5.77. The van der Waals surface area contributed by atoms with Gasteiger partial charge in [-0.05, 0) is 26.0 Å². The van der Waals surface area contributed by atoms with Crippen molar-refractivity contribution in [3.05, 3.63) is 11.2 Å². The minimum absolute atomic E-state index is 0.540. The standard InChI is InChI=1S/C13H20ClN3S/c1-3-17(10-7-5-4-6-8-10)12-9-11(14)15-13(16-12)18-2/h9-10H,3-8H2,1-2H3. The molecule has 1 aliphatic carbocycles. The van der Waals surface area contributed by atoms with Crippen molar-refractivity contribution in [1.29, 1.82) is 0 Å². The molecular weight excluding hydrogens is 266 g/mol. The predicted molar refractivity (Wildman–Crippen MR) is 78.7 cm³/mol. The van der Waals surface area contributed by atoms with Crippen LogP contribution >= 0.6 is 23.4 Å². The minimum Gasteiger partial charge on any atom is -0.354 e. The largest absolute Gasteiger partial charge is 0.354 e. The molecule has 0 radical (unpaired) electrons. The fourth-order valence-corrected chi connectivity index (χ4v) is 3.23. The molecule has 0 aliphatic heterocycles. The molecular formula is C13H20ClN3S. The van der Waals surface area contributed by atoms with Gasteiger partial charge in [0.15, 0.2) is 5.16 Å². The average molecular weight is 286 g/mol. The number of hydrogen-bond donors (Lipinski definition) is 0. The highest BCUT2D eigenvalue weighted by Crippen LogP contribution is 2.28. The summed E-state index contributed by atoms with van der Waals surface area (Å²) in [5.74, 6) is 0.980. The van der Waals surface area contributed by atoms with Gasteiger partial charge >= 0.3 is 0 Å². The van der Waals surface area contributed by atoms with E-state index in [1.54, 1.807) is 0 Å². The van der Waals surface area contributed by atoms with E-state index < -0.39 is 0 Å². The Morgan fingerprint density at radius 2 is 2.06 bits per heavy atom. The van der Waals surface area contributed by atoms with E-state index in [2.05, 4.69) is 21.8 Å². The van der Waals surface area contributed by atoms with Crippen LogP contribution in [0.5, 0.6) is 0 Å². The molecule has 1 aromatic rings. The van der Waals surface area contributed by atoms with Gasteiger partial charge in [-0.15, -0.1) is 0 Å². The summed E-state index contributed by atoms with van der Waals surface area (Å²) in [6.45, 7) is 3.16. The fraction of sp³-hybridized carbons (Fsp3) is 0.692. The van der Waals surface area contributed by atoms with Gasteiger partial charge in [-0.3, -0.25) is 0 Å². The first kappa shape index (κ1) is 13.9. The Bertz CT molecular complexity index is 394. The molecule has 0 unspecified atom stereocenters. The number of nitrogens with zero attached hydrogens (tertiary/aromatic N) is 3. The highest BCUT2D eigenvalue weighted by Gasteiger charge is 2.21. The van der Waals surface area contributed by atoms with E-state index in [9.17, 15) is 0 Å². The van der Waals surface area contributed by atoms with Gasteiger partial charge in [-0.1, -0.05) is 42.6 Å². The van der Waals surface area contributed by atoms with Gasteiger partial charge in [0.25, 0.3) is 0 Å². The predicted octanol–water partition coefficient (Wildman–Crippen LogP) is 4.01. The van der Waals surface area contributed by atoms with E-state index in [0.717, 1.165) is 17.5 Å². The van der Waals surface area contributed by atoms with Crippen LogP contribution in [0.1, 0.15) is 39.0 Å². The molecule has 0 aromatic carbocycles. The zero-order chi connectivity index (χ0) is 13.0. The number of rotatable bonds is 4. The number of halogens is 1. The molecule has 100 valence electrons. The minimum atomic E-state index is 0.540. The summed E-state index contributed by atoms with van der Waals surface area (Å²) < 4.78 is 0. The average Bonchev–Trinajstić information content (AvgIpc) is 2.40. The van der Waals surface area contributed by atoms with Gasteiger partial charge in [0.05, 0.1) is 0 Å². The van der Waals surface area contributed by atoms with Gasteiger partial charge in [-0.2, -0.15) is 0 Å². The number of hydrogen-bond acceptors (Lipinski definition) is 4. The molecule has 3 nitrogen and oxygen atoms in total. The van der Waals surface area contributed by atoms with Crippen LogP contribution in [0.4, 0.5) is 5.82 Å². The molecule has 0 N–H and O–H groups in total. The van der Waals surface area contributed by atoms with Crippen LogP contribution in [0.2, 0.25) is 5.15 Å². The van der Waals surface area contributed by atoms with E-state index >= 15 is 0 Å². The second-order valence-electron chi connectivity index (χ2n) is 4.61. The van der Waals surface area contributed by atoms with Crippen LogP contribution in [-0.2, 0) is 0 Å². The Morgan fingerprint density at radius 3 is 2.67 bits per heavy atom. The molecule has 1 aromatic heterocycles. The number of aromatic nitrogens is 2. The Labute approximate surface area is 118 Å².